The minimum atomic E-state index is -4.15. The summed E-state index contributed by atoms with van der Waals surface area (Å²) < 4.78 is 169. The van der Waals surface area contributed by atoms with Crippen LogP contribution in [0.4, 0.5) is 0 Å². The van der Waals surface area contributed by atoms with Crippen LogP contribution in [0.15, 0.2) is 140 Å². The quantitative estimate of drug-likeness (QED) is 0.169. The van der Waals surface area contributed by atoms with Crippen LogP contribution in [0.3, 0.4) is 0 Å². The summed E-state index contributed by atoms with van der Waals surface area (Å²) >= 11 is 0. The second kappa shape index (κ2) is 16.9. The van der Waals surface area contributed by atoms with E-state index in [1.54, 1.807) is 36.5 Å². The van der Waals surface area contributed by atoms with E-state index in [1.165, 1.54) is 4.57 Å². The largest absolute Gasteiger partial charge is 0.507 e. The monoisotopic (exact) mass is 1030 g/mol. The van der Waals surface area contributed by atoms with Crippen molar-refractivity contribution in [3.05, 3.63) is 168 Å². The molecule has 0 saturated heterocycles. The van der Waals surface area contributed by atoms with Gasteiger partial charge in [-0.15, -0.1) is 29.3 Å². The first kappa shape index (κ1) is 26.9. The number of hydrogen-bond acceptors (Lipinski definition) is 3. The van der Waals surface area contributed by atoms with Gasteiger partial charge in [0.05, 0.1) is 18.0 Å². The normalized spacial score (nSPS) is 18.0. The first-order chi connectivity index (χ1) is 37.1. The van der Waals surface area contributed by atoms with Gasteiger partial charge in [-0.05, 0) is 85.4 Å². The topological polar surface area (TPSA) is 50.9 Å². The van der Waals surface area contributed by atoms with Gasteiger partial charge in [-0.25, -0.2) is 4.98 Å². The van der Waals surface area contributed by atoms with Gasteiger partial charge >= 0.3 is 0 Å². The number of imidazole rings is 1. The number of aromatic nitrogens is 3. The molecular formula is C58H60N3OPt-. The number of phenols is 1. The smallest absolute Gasteiger partial charge is 0.148 e. The van der Waals surface area contributed by atoms with Gasteiger partial charge in [0.25, 0.3) is 0 Å². The zero-order valence-electron chi connectivity index (χ0n) is 54.8. The van der Waals surface area contributed by atoms with E-state index in [4.69, 9.17) is 29.7 Å². The molecule has 6 aromatic carbocycles. The van der Waals surface area contributed by atoms with Crippen molar-refractivity contribution in [1.82, 2.24) is 14.5 Å². The van der Waals surface area contributed by atoms with Crippen molar-refractivity contribution in [2.75, 3.05) is 0 Å². The molecule has 0 bridgehead atoms. The minimum Gasteiger partial charge on any atom is -0.507 e. The first-order valence-electron chi connectivity index (χ1n) is 29.8. The minimum absolute atomic E-state index is 0. The van der Waals surface area contributed by atoms with E-state index in [9.17, 15) is 6.48 Å². The van der Waals surface area contributed by atoms with Crippen LogP contribution < -0.4 is 0 Å². The average molecular weight is 1030 g/mol. The molecule has 2 aromatic heterocycles. The average Bonchev–Trinajstić information content (AvgIpc) is 1.35. The Morgan fingerprint density at radius 1 is 0.571 bits per heavy atom. The molecule has 1 N–H and O–H groups in total. The van der Waals surface area contributed by atoms with Crippen LogP contribution in [0.5, 0.6) is 5.75 Å². The molecule has 2 heterocycles. The molecule has 8 aromatic rings. The van der Waals surface area contributed by atoms with Crippen molar-refractivity contribution in [2.45, 2.75) is 104 Å². The van der Waals surface area contributed by atoms with E-state index in [0.29, 0.717) is 34.0 Å². The number of para-hydroxylation sites is 1. The van der Waals surface area contributed by atoms with E-state index in [0.717, 1.165) is 27.8 Å². The molecule has 0 fully saturated rings. The number of fused-ring (bicyclic) bond motifs is 1. The maximum absolute atomic E-state index is 13.0. The fourth-order valence-corrected chi connectivity index (χ4v) is 7.81. The van der Waals surface area contributed by atoms with Crippen LogP contribution in [0.25, 0.3) is 72.7 Å². The van der Waals surface area contributed by atoms with Gasteiger partial charge in [-0.2, -0.15) is 0 Å². The molecule has 324 valence electrons. The third-order valence-electron chi connectivity index (χ3n) is 11.1. The van der Waals surface area contributed by atoms with Crippen molar-refractivity contribution in [3.8, 4) is 67.5 Å². The zero-order chi connectivity index (χ0) is 60.2. The van der Waals surface area contributed by atoms with Gasteiger partial charge in [0.15, 0.2) is 0 Å². The Morgan fingerprint density at radius 3 is 1.87 bits per heavy atom. The Morgan fingerprint density at radius 2 is 1.22 bits per heavy atom. The zero-order valence-corrected chi connectivity index (χ0v) is 38.1. The number of phenolic OH excluding ortho intramolecular Hbond substituents is 1. The third-order valence-corrected chi connectivity index (χ3v) is 11.1. The maximum atomic E-state index is 13.0. The van der Waals surface area contributed by atoms with Crippen molar-refractivity contribution >= 4 is 11.0 Å². The molecule has 8 rings (SSSR count). The first-order valence-corrected chi connectivity index (χ1v) is 20.3. The second-order valence-corrected chi connectivity index (χ2v) is 17.9. The van der Waals surface area contributed by atoms with Crippen LogP contribution in [-0.4, -0.2) is 19.6 Å². The second-order valence-electron chi connectivity index (χ2n) is 17.9. The molecule has 0 atom stereocenters. The molecule has 0 aliphatic rings. The predicted octanol–water partition coefficient (Wildman–Crippen LogP) is 15.4. The summed E-state index contributed by atoms with van der Waals surface area (Å²) in [7, 11) is 0. The van der Waals surface area contributed by atoms with Crippen molar-refractivity contribution in [1.29, 1.82) is 0 Å². The van der Waals surface area contributed by atoms with Crippen LogP contribution in [0, 0.1) is 6.07 Å². The van der Waals surface area contributed by atoms with Gasteiger partial charge in [-0.3, -0.25) is 9.55 Å². The summed E-state index contributed by atoms with van der Waals surface area (Å²) in [6.45, 7) is -12.7. The number of pyridine rings is 1. The number of nitrogens with zero attached hydrogens (tertiary/aromatic N) is 3. The molecule has 0 radical (unpaired) electrons. The Kier molecular flexibility index (Phi) is 7.20. The number of hydrogen-bond donors (Lipinski definition) is 1. The Labute approximate surface area is 416 Å². The van der Waals surface area contributed by atoms with E-state index in [1.807, 2.05) is 126 Å². The Balaban J connectivity index is 0.00000968. The summed E-state index contributed by atoms with van der Waals surface area (Å²) in [4.78, 5) is 9.81. The Hall–Kier alpha value is -5.57. The SMILES string of the molecule is [2H]c1c(-c2ccccc2)ccnc1-c1[c-]c(-c2cccc3c2nc(-c2cc(C(C([2H])([2H])[2H])(C([2H])([2H])[2H])C([2H])([2H])[2H])cc(C(C([2H])([2H])[2H])(C([2H])([2H])[2H])C([2H])([2H])[2H])c2O)n3-c2ccc(-c3ccccc3)c(C(C)(C)C)c2)cc(C(C)(C)C)c1.[Pt]. The third kappa shape index (κ3) is 9.11. The standard InChI is InChI=1S/C58H60N3O.Pt/c1-55(2,3)42-31-40(30-41(32-42)50-33-39(28-29-59-50)37-20-15-13-16-21-37)46-24-19-25-51-52(46)60-54(47-34-43(56(4,5)6)35-49(53(47)62)58(10,11)12)61(51)44-26-27-45(38-22-17-14-18-23-38)48(36-44)57(7,8)9;/h13-29,31-36,62H,1-12H3;/q-1;/i4D3,5D3,6D3,10D3,11D3,12D3,33D;. The van der Waals surface area contributed by atoms with Crippen molar-refractivity contribution in [3.63, 3.8) is 0 Å². The summed E-state index contributed by atoms with van der Waals surface area (Å²) in [6.07, 6.45) is 1.60. The van der Waals surface area contributed by atoms with Crippen LogP contribution in [0.1, 0.15) is 131 Å². The molecule has 0 unspecified atom stereocenters. The van der Waals surface area contributed by atoms with E-state index in [-0.39, 0.29) is 49.9 Å². The number of aromatic hydroxyl groups is 1. The van der Waals surface area contributed by atoms with Gasteiger partial charge in [0, 0.05) is 68.9 Å². The fourth-order valence-electron chi connectivity index (χ4n) is 7.81. The Bertz CT molecular complexity index is 3600. The maximum Gasteiger partial charge on any atom is 0.148 e. The van der Waals surface area contributed by atoms with Crippen molar-refractivity contribution in [2.24, 2.45) is 0 Å². The number of benzene rings is 6. The summed E-state index contributed by atoms with van der Waals surface area (Å²) in [5.74, 6) is -1.81. The molecule has 5 heteroatoms. The summed E-state index contributed by atoms with van der Waals surface area (Å²) in [5.41, 5.74) is -6.09. The number of rotatable bonds is 6. The predicted molar refractivity (Wildman–Crippen MR) is 261 cm³/mol. The molecule has 0 amide bonds. The fraction of sp³-hybridized carbons (Fsp3) is 0.276. The molecule has 4 nitrogen and oxygen atoms in total. The van der Waals surface area contributed by atoms with Crippen LogP contribution >= 0.6 is 0 Å². The summed E-state index contributed by atoms with van der Waals surface area (Å²) in [6, 6.07) is 39.3. The molecule has 63 heavy (non-hydrogen) atoms. The van der Waals surface area contributed by atoms with Gasteiger partial charge in [0.1, 0.15) is 11.6 Å². The summed E-state index contributed by atoms with van der Waals surface area (Å²) in [5, 5.41) is 13.0. The molecule has 0 aliphatic heterocycles. The van der Waals surface area contributed by atoms with E-state index < -0.39 is 91.0 Å². The van der Waals surface area contributed by atoms with Gasteiger partial charge in [0.2, 0.25) is 0 Å². The molecular weight excluding hydrogens is 950 g/mol. The molecule has 0 aliphatic carbocycles. The van der Waals surface area contributed by atoms with E-state index >= 15 is 0 Å². The molecule has 0 saturated carbocycles. The van der Waals surface area contributed by atoms with Gasteiger partial charge in [-0.1, -0.05) is 185 Å². The van der Waals surface area contributed by atoms with E-state index in [2.05, 4.69) is 11.1 Å². The van der Waals surface area contributed by atoms with Crippen molar-refractivity contribution < 1.29 is 52.2 Å². The van der Waals surface area contributed by atoms with Crippen LogP contribution in [0.2, 0.25) is 0 Å². The van der Waals surface area contributed by atoms with Gasteiger partial charge < -0.3 is 5.11 Å². The molecule has 0 spiro atoms. The van der Waals surface area contributed by atoms with Crippen LogP contribution in [-0.2, 0) is 42.7 Å².